The molecular weight excluding hydrogens is 246 g/mol. The van der Waals surface area contributed by atoms with Gasteiger partial charge in [-0.3, -0.25) is 9.69 Å². The van der Waals surface area contributed by atoms with Gasteiger partial charge in [-0.1, -0.05) is 6.92 Å². The van der Waals surface area contributed by atoms with Gasteiger partial charge in [-0.15, -0.1) is 0 Å². The van der Waals surface area contributed by atoms with Crippen LogP contribution in [0.4, 0.5) is 0 Å². The topological polar surface area (TPSA) is 83.9 Å². The summed E-state index contributed by atoms with van der Waals surface area (Å²) in [6.45, 7) is 3.13. The van der Waals surface area contributed by atoms with E-state index >= 15 is 0 Å². The minimum Gasteiger partial charge on any atom is -0.480 e. The lowest BCUT2D eigenvalue weighted by molar-refractivity contribution is -0.149. The van der Waals surface area contributed by atoms with Crippen LogP contribution in [0.5, 0.6) is 0 Å². The van der Waals surface area contributed by atoms with Gasteiger partial charge in [-0.05, 0) is 6.42 Å². The van der Waals surface area contributed by atoms with Crippen LogP contribution in [0, 0.1) is 0 Å². The van der Waals surface area contributed by atoms with Gasteiger partial charge in [-0.25, -0.2) is 8.42 Å². The second-order valence-electron chi connectivity index (χ2n) is 4.12. The van der Waals surface area contributed by atoms with E-state index in [9.17, 15) is 13.2 Å². The van der Waals surface area contributed by atoms with Crippen LogP contribution < -0.4 is 0 Å². The number of hydrogen-bond acceptors (Lipinski definition) is 5. The molecule has 1 rings (SSSR count). The summed E-state index contributed by atoms with van der Waals surface area (Å²) in [7, 11) is -3.06. The van der Waals surface area contributed by atoms with Crippen molar-refractivity contribution >= 4 is 15.8 Å². The van der Waals surface area contributed by atoms with Gasteiger partial charge < -0.3 is 9.84 Å². The Kier molecular flexibility index (Phi) is 5.35. The normalized spacial score (nSPS) is 22.5. The summed E-state index contributed by atoms with van der Waals surface area (Å²) in [5.41, 5.74) is 0. The van der Waals surface area contributed by atoms with Crippen LogP contribution in [0.3, 0.4) is 0 Å². The monoisotopic (exact) mass is 265 g/mol. The van der Waals surface area contributed by atoms with E-state index in [0.29, 0.717) is 19.6 Å². The molecule has 0 radical (unpaired) electrons. The number of sulfone groups is 1. The van der Waals surface area contributed by atoms with Crippen LogP contribution in [0.25, 0.3) is 0 Å². The SMILES string of the molecule is CCCS(=O)(=O)CCN1CCOCC1C(=O)O. The zero-order chi connectivity index (χ0) is 12.9. The molecule has 1 N–H and O–H groups in total. The van der Waals surface area contributed by atoms with Crippen LogP contribution in [-0.4, -0.2) is 68.2 Å². The molecule has 0 amide bonds. The molecule has 0 spiro atoms. The van der Waals surface area contributed by atoms with Crippen molar-refractivity contribution in [1.29, 1.82) is 0 Å². The Morgan fingerprint density at radius 2 is 2.18 bits per heavy atom. The molecule has 0 aromatic rings. The first-order chi connectivity index (χ1) is 7.96. The Bertz CT molecular complexity index is 354. The summed E-state index contributed by atoms with van der Waals surface area (Å²) in [6.07, 6.45) is 0.591. The highest BCUT2D eigenvalue weighted by molar-refractivity contribution is 7.91. The highest BCUT2D eigenvalue weighted by Gasteiger charge is 2.29. The Labute approximate surface area is 101 Å². The summed E-state index contributed by atoms with van der Waals surface area (Å²) in [6, 6.07) is -0.722. The standard InChI is InChI=1S/C10H19NO5S/c1-2-6-17(14,15)7-4-11-3-5-16-8-9(11)10(12)13/h9H,2-8H2,1H3,(H,12,13). The van der Waals surface area contributed by atoms with E-state index in [0.717, 1.165) is 0 Å². The van der Waals surface area contributed by atoms with E-state index in [-0.39, 0.29) is 24.7 Å². The highest BCUT2D eigenvalue weighted by Crippen LogP contribution is 2.08. The lowest BCUT2D eigenvalue weighted by Gasteiger charge is -2.32. The van der Waals surface area contributed by atoms with Gasteiger partial charge in [0.1, 0.15) is 6.04 Å². The Hall–Kier alpha value is -0.660. The third-order valence-corrected chi connectivity index (χ3v) is 4.56. The molecule has 0 aromatic heterocycles. The number of morpholine rings is 1. The molecule has 1 heterocycles. The fraction of sp³-hybridized carbons (Fsp3) is 0.900. The maximum absolute atomic E-state index is 11.5. The van der Waals surface area contributed by atoms with E-state index in [1.807, 2.05) is 6.92 Å². The first-order valence-electron chi connectivity index (χ1n) is 5.71. The predicted octanol–water partition coefficient (Wildman–Crippen LogP) is -0.403. The highest BCUT2D eigenvalue weighted by atomic mass is 32.2. The molecule has 1 saturated heterocycles. The molecule has 7 heteroatoms. The second kappa shape index (κ2) is 6.32. The third kappa shape index (κ3) is 4.61. The van der Waals surface area contributed by atoms with E-state index in [1.54, 1.807) is 4.90 Å². The van der Waals surface area contributed by atoms with Crippen molar-refractivity contribution < 1.29 is 23.1 Å². The molecule has 1 aliphatic rings. The predicted molar refractivity (Wildman–Crippen MR) is 62.8 cm³/mol. The number of hydrogen-bond donors (Lipinski definition) is 1. The van der Waals surface area contributed by atoms with E-state index in [2.05, 4.69) is 0 Å². The Balaban J connectivity index is 2.51. The van der Waals surface area contributed by atoms with Crippen molar-refractivity contribution in [3.63, 3.8) is 0 Å². The molecule has 0 aliphatic carbocycles. The minimum absolute atomic E-state index is 0.0185. The summed E-state index contributed by atoms with van der Waals surface area (Å²) in [5.74, 6) is -0.780. The van der Waals surface area contributed by atoms with Crippen molar-refractivity contribution in [3.8, 4) is 0 Å². The zero-order valence-electron chi connectivity index (χ0n) is 9.96. The molecule has 1 fully saturated rings. The Morgan fingerprint density at radius 3 is 2.76 bits per heavy atom. The molecule has 0 saturated carbocycles. The molecule has 0 aromatic carbocycles. The molecule has 1 aliphatic heterocycles. The summed E-state index contributed by atoms with van der Waals surface area (Å²) >= 11 is 0. The van der Waals surface area contributed by atoms with Crippen LogP contribution in [0.2, 0.25) is 0 Å². The van der Waals surface area contributed by atoms with Gasteiger partial charge >= 0.3 is 5.97 Å². The van der Waals surface area contributed by atoms with Gasteiger partial charge in [0.15, 0.2) is 9.84 Å². The average molecular weight is 265 g/mol. The van der Waals surface area contributed by atoms with E-state index < -0.39 is 21.8 Å². The van der Waals surface area contributed by atoms with Crippen molar-refractivity contribution in [1.82, 2.24) is 4.90 Å². The molecule has 0 bridgehead atoms. The number of carboxylic acids is 1. The minimum atomic E-state index is -3.06. The maximum Gasteiger partial charge on any atom is 0.323 e. The number of nitrogens with zero attached hydrogens (tertiary/aromatic N) is 1. The summed E-state index contributed by atoms with van der Waals surface area (Å²) in [5, 5.41) is 8.97. The third-order valence-electron chi connectivity index (χ3n) is 2.73. The smallest absolute Gasteiger partial charge is 0.323 e. The van der Waals surface area contributed by atoms with E-state index in [4.69, 9.17) is 9.84 Å². The molecule has 17 heavy (non-hydrogen) atoms. The first-order valence-corrected chi connectivity index (χ1v) is 7.53. The molecule has 6 nitrogen and oxygen atoms in total. The average Bonchev–Trinajstić information content (AvgIpc) is 2.27. The fourth-order valence-corrected chi connectivity index (χ4v) is 3.14. The van der Waals surface area contributed by atoms with Gasteiger partial charge in [0.05, 0.1) is 19.0 Å². The van der Waals surface area contributed by atoms with Gasteiger partial charge in [-0.2, -0.15) is 0 Å². The molecule has 1 atom stereocenters. The van der Waals surface area contributed by atoms with Crippen LogP contribution in [-0.2, 0) is 19.4 Å². The van der Waals surface area contributed by atoms with Gasteiger partial charge in [0, 0.05) is 18.8 Å². The Morgan fingerprint density at radius 1 is 1.47 bits per heavy atom. The fourth-order valence-electron chi connectivity index (χ4n) is 1.80. The first kappa shape index (κ1) is 14.4. The second-order valence-corrected chi connectivity index (χ2v) is 6.42. The van der Waals surface area contributed by atoms with Gasteiger partial charge in [0.25, 0.3) is 0 Å². The van der Waals surface area contributed by atoms with Crippen molar-refractivity contribution in [2.24, 2.45) is 0 Å². The quantitative estimate of drug-likeness (QED) is 0.703. The number of carbonyl (C=O) groups is 1. The number of carboxylic acid groups (broad SMARTS) is 1. The summed E-state index contributed by atoms with van der Waals surface area (Å²) in [4.78, 5) is 12.6. The zero-order valence-corrected chi connectivity index (χ0v) is 10.8. The largest absolute Gasteiger partial charge is 0.480 e. The van der Waals surface area contributed by atoms with Crippen molar-refractivity contribution in [2.75, 3.05) is 37.8 Å². The van der Waals surface area contributed by atoms with Gasteiger partial charge in [0.2, 0.25) is 0 Å². The number of aliphatic carboxylic acids is 1. The number of ether oxygens (including phenoxy) is 1. The van der Waals surface area contributed by atoms with Crippen LogP contribution in [0.15, 0.2) is 0 Å². The van der Waals surface area contributed by atoms with Crippen LogP contribution >= 0.6 is 0 Å². The van der Waals surface area contributed by atoms with E-state index in [1.165, 1.54) is 0 Å². The molecular formula is C10H19NO5S. The number of rotatable bonds is 6. The van der Waals surface area contributed by atoms with Crippen LogP contribution in [0.1, 0.15) is 13.3 Å². The van der Waals surface area contributed by atoms with Crippen molar-refractivity contribution in [3.05, 3.63) is 0 Å². The lowest BCUT2D eigenvalue weighted by Crippen LogP contribution is -2.51. The molecule has 100 valence electrons. The van der Waals surface area contributed by atoms with Crippen molar-refractivity contribution in [2.45, 2.75) is 19.4 Å². The maximum atomic E-state index is 11.5. The summed E-state index contributed by atoms with van der Waals surface area (Å²) < 4.78 is 28.2. The molecule has 1 unspecified atom stereocenters. The lowest BCUT2D eigenvalue weighted by atomic mass is 10.2.